The van der Waals surface area contributed by atoms with Crippen molar-refractivity contribution in [2.45, 2.75) is 19.4 Å². The first-order valence-electron chi connectivity index (χ1n) is 6.41. The minimum Gasteiger partial charge on any atom is -0.305 e. The van der Waals surface area contributed by atoms with Gasteiger partial charge in [-0.3, -0.25) is 4.98 Å². The number of benzene rings is 1. The number of rotatable bonds is 5. The van der Waals surface area contributed by atoms with Gasteiger partial charge in [0.1, 0.15) is 5.82 Å². The molecule has 1 unspecified atom stereocenters. The van der Waals surface area contributed by atoms with E-state index >= 15 is 0 Å². The van der Waals surface area contributed by atoms with E-state index in [9.17, 15) is 4.39 Å². The molecule has 2 rings (SSSR count). The first kappa shape index (κ1) is 15.6. The maximum Gasteiger partial charge on any atom is 0.123 e. The van der Waals surface area contributed by atoms with Crippen LogP contribution in [0.15, 0.2) is 45.5 Å². The van der Waals surface area contributed by atoms with Crippen LogP contribution >= 0.6 is 31.9 Å². The predicted molar refractivity (Wildman–Crippen MR) is 86.2 cm³/mol. The van der Waals surface area contributed by atoms with Gasteiger partial charge in [-0.05, 0) is 68.6 Å². The molecule has 0 saturated heterocycles. The molecule has 1 aromatic heterocycles. The van der Waals surface area contributed by atoms with Gasteiger partial charge >= 0.3 is 0 Å². The van der Waals surface area contributed by atoms with E-state index in [2.05, 4.69) is 49.1 Å². The second kappa shape index (κ2) is 7.29. The van der Waals surface area contributed by atoms with Gasteiger partial charge in [0.05, 0.1) is 11.7 Å². The van der Waals surface area contributed by atoms with Crippen LogP contribution in [0.1, 0.15) is 30.6 Å². The quantitative estimate of drug-likeness (QED) is 0.775. The zero-order valence-corrected chi connectivity index (χ0v) is 14.2. The molecule has 1 aromatic carbocycles. The molecule has 0 bridgehead atoms. The number of hydrogen-bond donors (Lipinski definition) is 1. The summed E-state index contributed by atoms with van der Waals surface area (Å²) in [6.07, 6.45) is 2.75. The number of pyridine rings is 1. The standard InChI is InChI=1S/C15H15Br2FN2/c1-2-6-19-14(10-4-3-5-12(18)7-10)15-13(17)8-11(16)9-20-15/h3-5,7-9,14,19H,2,6H2,1H3. The predicted octanol–water partition coefficient (Wildman–Crippen LogP) is 4.83. The van der Waals surface area contributed by atoms with Crippen LogP contribution in [-0.4, -0.2) is 11.5 Å². The fraction of sp³-hybridized carbons (Fsp3) is 0.267. The van der Waals surface area contributed by atoms with Crippen LogP contribution in [0.5, 0.6) is 0 Å². The Bertz CT molecular complexity index is 590. The Morgan fingerprint density at radius 2 is 2.10 bits per heavy atom. The average Bonchev–Trinajstić information content (AvgIpc) is 2.41. The smallest absolute Gasteiger partial charge is 0.123 e. The molecule has 0 spiro atoms. The van der Waals surface area contributed by atoms with Crippen LogP contribution in [0.2, 0.25) is 0 Å². The number of aromatic nitrogens is 1. The molecule has 1 heterocycles. The summed E-state index contributed by atoms with van der Waals surface area (Å²) in [5.41, 5.74) is 1.72. The Kier molecular flexibility index (Phi) is 5.69. The maximum atomic E-state index is 13.5. The third-order valence-electron chi connectivity index (χ3n) is 2.89. The van der Waals surface area contributed by atoms with Gasteiger partial charge < -0.3 is 5.32 Å². The van der Waals surface area contributed by atoms with Gasteiger partial charge in [-0.1, -0.05) is 19.1 Å². The Morgan fingerprint density at radius 1 is 1.30 bits per heavy atom. The van der Waals surface area contributed by atoms with Crippen molar-refractivity contribution in [2.75, 3.05) is 6.54 Å². The van der Waals surface area contributed by atoms with Gasteiger partial charge in [-0.15, -0.1) is 0 Å². The molecule has 0 radical (unpaired) electrons. The molecular formula is C15H15Br2FN2. The molecular weight excluding hydrogens is 387 g/mol. The second-order valence-corrected chi connectivity index (χ2v) is 6.23. The van der Waals surface area contributed by atoms with Crippen LogP contribution < -0.4 is 5.32 Å². The van der Waals surface area contributed by atoms with Crippen molar-refractivity contribution in [3.05, 3.63) is 62.5 Å². The summed E-state index contributed by atoms with van der Waals surface area (Å²) in [7, 11) is 0. The van der Waals surface area contributed by atoms with E-state index in [1.165, 1.54) is 6.07 Å². The van der Waals surface area contributed by atoms with Gasteiger partial charge in [0.25, 0.3) is 0 Å². The van der Waals surface area contributed by atoms with Crippen LogP contribution in [0.25, 0.3) is 0 Å². The second-order valence-electron chi connectivity index (χ2n) is 4.46. The third-order valence-corrected chi connectivity index (χ3v) is 3.96. The summed E-state index contributed by atoms with van der Waals surface area (Å²) in [4.78, 5) is 4.46. The van der Waals surface area contributed by atoms with E-state index in [0.717, 1.165) is 33.2 Å². The minimum absolute atomic E-state index is 0.131. The fourth-order valence-corrected chi connectivity index (χ4v) is 3.20. The van der Waals surface area contributed by atoms with Gasteiger partial charge in [0.15, 0.2) is 0 Å². The summed E-state index contributed by atoms with van der Waals surface area (Å²) >= 11 is 6.92. The number of halogens is 3. The molecule has 106 valence electrons. The van der Waals surface area contributed by atoms with E-state index in [1.807, 2.05) is 12.1 Å². The maximum absolute atomic E-state index is 13.5. The summed E-state index contributed by atoms with van der Waals surface area (Å²) in [5, 5.41) is 3.42. The highest BCUT2D eigenvalue weighted by atomic mass is 79.9. The Balaban J connectivity index is 2.41. The molecule has 0 amide bonds. The van der Waals surface area contributed by atoms with Crippen molar-refractivity contribution in [2.24, 2.45) is 0 Å². The highest BCUT2D eigenvalue weighted by Crippen LogP contribution is 2.29. The number of nitrogens with zero attached hydrogens (tertiary/aromatic N) is 1. The normalized spacial score (nSPS) is 12.4. The molecule has 1 atom stereocenters. The largest absolute Gasteiger partial charge is 0.305 e. The Labute approximate surface area is 135 Å². The van der Waals surface area contributed by atoms with Gasteiger partial charge in [0, 0.05) is 15.1 Å². The molecule has 0 fully saturated rings. The van der Waals surface area contributed by atoms with Gasteiger partial charge in [0.2, 0.25) is 0 Å². The fourth-order valence-electron chi connectivity index (χ4n) is 1.98. The van der Waals surface area contributed by atoms with E-state index in [0.29, 0.717) is 0 Å². The minimum atomic E-state index is -0.237. The molecule has 0 aliphatic rings. The van der Waals surface area contributed by atoms with Crippen LogP contribution in [0.4, 0.5) is 4.39 Å². The molecule has 5 heteroatoms. The van der Waals surface area contributed by atoms with Gasteiger partial charge in [-0.2, -0.15) is 0 Å². The van der Waals surface area contributed by atoms with E-state index in [-0.39, 0.29) is 11.9 Å². The lowest BCUT2D eigenvalue weighted by atomic mass is 10.0. The van der Waals surface area contributed by atoms with Crippen molar-refractivity contribution >= 4 is 31.9 Å². The summed E-state index contributed by atoms with van der Waals surface area (Å²) in [5.74, 6) is -0.237. The highest BCUT2D eigenvalue weighted by Gasteiger charge is 2.18. The van der Waals surface area contributed by atoms with E-state index < -0.39 is 0 Å². The van der Waals surface area contributed by atoms with Crippen molar-refractivity contribution in [1.82, 2.24) is 10.3 Å². The first-order chi connectivity index (χ1) is 9.61. The zero-order valence-electron chi connectivity index (χ0n) is 11.0. The monoisotopic (exact) mass is 400 g/mol. The lowest BCUT2D eigenvalue weighted by molar-refractivity contribution is 0.574. The van der Waals surface area contributed by atoms with Crippen molar-refractivity contribution in [1.29, 1.82) is 0 Å². The van der Waals surface area contributed by atoms with Crippen molar-refractivity contribution in [3.8, 4) is 0 Å². The highest BCUT2D eigenvalue weighted by molar-refractivity contribution is 9.11. The summed E-state index contributed by atoms with van der Waals surface area (Å²) in [6, 6.07) is 8.44. The molecule has 2 aromatic rings. The van der Waals surface area contributed by atoms with Crippen LogP contribution in [0, 0.1) is 5.82 Å². The van der Waals surface area contributed by atoms with Crippen molar-refractivity contribution in [3.63, 3.8) is 0 Å². The molecule has 0 aliphatic carbocycles. The lowest BCUT2D eigenvalue weighted by Crippen LogP contribution is -2.24. The van der Waals surface area contributed by atoms with Crippen LogP contribution in [0.3, 0.4) is 0 Å². The Hall–Kier alpha value is -0.780. The van der Waals surface area contributed by atoms with E-state index in [1.54, 1.807) is 18.3 Å². The van der Waals surface area contributed by atoms with Crippen molar-refractivity contribution < 1.29 is 4.39 Å². The summed E-state index contributed by atoms with van der Waals surface area (Å²) < 4.78 is 15.3. The Morgan fingerprint density at radius 3 is 2.75 bits per heavy atom. The SMILES string of the molecule is CCCNC(c1cccc(F)c1)c1ncc(Br)cc1Br. The molecule has 0 aliphatic heterocycles. The molecule has 1 N–H and O–H groups in total. The summed E-state index contributed by atoms with van der Waals surface area (Å²) in [6.45, 7) is 2.94. The number of nitrogens with one attached hydrogen (secondary N) is 1. The molecule has 0 saturated carbocycles. The first-order valence-corrected chi connectivity index (χ1v) is 8.00. The van der Waals surface area contributed by atoms with Gasteiger partial charge in [-0.25, -0.2) is 4.39 Å². The lowest BCUT2D eigenvalue weighted by Gasteiger charge is -2.20. The van der Waals surface area contributed by atoms with E-state index in [4.69, 9.17) is 0 Å². The third kappa shape index (κ3) is 3.87. The topological polar surface area (TPSA) is 24.9 Å². The molecule has 20 heavy (non-hydrogen) atoms. The van der Waals surface area contributed by atoms with Crippen LogP contribution in [-0.2, 0) is 0 Å². The zero-order chi connectivity index (χ0) is 14.5. The molecule has 2 nitrogen and oxygen atoms in total. The average molecular weight is 402 g/mol. The number of hydrogen-bond acceptors (Lipinski definition) is 2.